The molecule has 4 saturated carbocycles. The van der Waals surface area contributed by atoms with Crippen LogP contribution in [0.3, 0.4) is 0 Å². The molecule has 0 saturated heterocycles. The molecule has 0 bridgehead atoms. The van der Waals surface area contributed by atoms with E-state index in [1.165, 1.54) is 104 Å². The Labute approximate surface area is 740 Å². The van der Waals surface area contributed by atoms with Crippen molar-refractivity contribution in [1.29, 1.82) is 0 Å². The van der Waals surface area contributed by atoms with Crippen LogP contribution in [0.1, 0.15) is 156 Å². The first kappa shape index (κ1) is 88.6. The molecule has 678 valence electrons. The fourth-order valence-electron chi connectivity index (χ4n) is 19.3. The number of aromatic nitrogens is 16. The van der Waals surface area contributed by atoms with Crippen molar-refractivity contribution in [3.63, 3.8) is 0 Å². The van der Waals surface area contributed by atoms with Crippen molar-refractivity contribution in [3.05, 3.63) is 122 Å². The maximum Gasteiger partial charge on any atom is 0.433 e. The molecule has 4 spiro atoms. The van der Waals surface area contributed by atoms with E-state index in [1.807, 2.05) is 36.2 Å². The normalized spacial score (nSPS) is 18.1. The molecule has 12 aromatic heterocycles. The number of hydrogen-bond donors (Lipinski definition) is 8. The minimum absolute atomic E-state index is 0.0483. The number of primary sulfonamides is 4. The zero-order valence-corrected chi connectivity index (χ0v) is 75.1. The van der Waals surface area contributed by atoms with Crippen LogP contribution in [0.15, 0.2) is 163 Å². The molecule has 0 atom stereocenters. The number of alkyl halides is 3. The lowest BCUT2D eigenvalue weighted by Gasteiger charge is -2.46. The van der Waals surface area contributed by atoms with Crippen molar-refractivity contribution in [1.82, 2.24) is 78.1 Å². The highest BCUT2D eigenvalue weighted by molar-refractivity contribution is 7.90. The number of nitrogens with zero attached hydrogens (tertiary/aromatic N) is 24. The molecule has 0 aromatic carbocycles. The highest BCUT2D eigenvalue weighted by Gasteiger charge is 2.56. The van der Waals surface area contributed by atoms with Crippen LogP contribution in [0.25, 0.3) is 44.1 Å². The van der Waals surface area contributed by atoms with Gasteiger partial charge in [-0.05, 0) is 144 Å². The molecule has 12 N–H and O–H groups in total. The molecule has 8 aliphatic rings. The number of anilines is 12. The molecule has 40 nitrogen and oxygen atoms in total. The maximum atomic E-state index is 14.2. The van der Waals surface area contributed by atoms with Crippen LogP contribution in [0, 0.1) is 5.92 Å². The first-order valence-corrected chi connectivity index (χ1v) is 48.3. The summed E-state index contributed by atoms with van der Waals surface area (Å²) in [5.41, 5.74) is 4.60. The van der Waals surface area contributed by atoms with Crippen LogP contribution in [-0.2, 0) is 62.2 Å². The molecule has 12 aromatic rings. The Morgan fingerprint density at radius 3 is 0.969 bits per heavy atom. The van der Waals surface area contributed by atoms with Gasteiger partial charge in [-0.2, -0.15) is 53.5 Å². The molecule has 0 radical (unpaired) electrons. The Balaban J connectivity index is 0.000000121. The van der Waals surface area contributed by atoms with E-state index >= 15 is 0 Å². The number of nitrogens with two attached hydrogens (primary N) is 4. The summed E-state index contributed by atoms with van der Waals surface area (Å²) in [6.07, 6.45) is 27.1. The summed E-state index contributed by atoms with van der Waals surface area (Å²) in [5, 5.41) is 61.1. The lowest BCUT2D eigenvalue weighted by Crippen LogP contribution is -2.54. The van der Waals surface area contributed by atoms with Crippen LogP contribution in [0.2, 0.25) is 0 Å². The molecule has 0 amide bonds. The van der Waals surface area contributed by atoms with Gasteiger partial charge < -0.3 is 21.3 Å². The zero-order valence-electron chi connectivity index (χ0n) is 71.8. The SMILES string of the molecule is CC(C)C1=NN(C)c2cc3cnc(Nc4ccc(S(N)(=O)=O)cn4)nc3n2C12CCCCC2.CC1=NN(C)c2cc3cnc(Nc4ccc(S(N)(=O)=O)cn4)nc3n2C12CCCCC2.CC1=NN(C)c2cc3cnc(Nc4ccc(S(N)(=O)=O)nc4)nc3n2C12CCCCC2.CN1N=C(C(F)(F)F)C2(CCCCC2)n2c1cc1cnc(Nc3ccc(S(N)(=O)=O)nc3)nc12. The van der Waals surface area contributed by atoms with Gasteiger partial charge in [-0.3, -0.25) is 38.3 Å². The number of hydrazone groups is 4. The second-order valence-corrected chi connectivity index (χ2v) is 40.0. The molecule has 0 unspecified atom stereocenters. The first-order valence-electron chi connectivity index (χ1n) is 42.1. The summed E-state index contributed by atoms with van der Waals surface area (Å²) < 4.78 is 143. The van der Waals surface area contributed by atoms with E-state index in [0.717, 1.165) is 145 Å². The quantitative estimate of drug-likeness (QED) is 0.0531. The van der Waals surface area contributed by atoms with E-state index in [1.54, 1.807) is 41.4 Å². The minimum atomic E-state index is -4.59. The average Bonchev–Trinajstić information content (AvgIpc) is 1.62. The monoisotopic (exact) mass is 1840 g/mol. The number of fused-ring (bicyclic) bond motifs is 16. The van der Waals surface area contributed by atoms with Gasteiger partial charge in [-0.1, -0.05) is 90.9 Å². The lowest BCUT2D eigenvalue weighted by molar-refractivity contribution is -0.0685. The molecular formula is C82H97F3N32O8S4. The van der Waals surface area contributed by atoms with Gasteiger partial charge in [0.15, 0.2) is 15.8 Å². The van der Waals surface area contributed by atoms with E-state index < -0.39 is 57.5 Å². The Morgan fingerprint density at radius 1 is 0.357 bits per heavy atom. The predicted molar refractivity (Wildman–Crippen MR) is 486 cm³/mol. The van der Waals surface area contributed by atoms with Gasteiger partial charge in [0.1, 0.15) is 67.3 Å². The molecule has 16 heterocycles. The first-order chi connectivity index (χ1) is 61.2. The van der Waals surface area contributed by atoms with Gasteiger partial charge in [-0.15, -0.1) is 0 Å². The van der Waals surface area contributed by atoms with E-state index in [-0.39, 0.29) is 42.4 Å². The third-order valence-corrected chi connectivity index (χ3v) is 28.7. The number of pyridine rings is 4. The van der Waals surface area contributed by atoms with Gasteiger partial charge in [0.2, 0.25) is 43.8 Å². The fourth-order valence-corrected chi connectivity index (χ4v) is 21.1. The van der Waals surface area contributed by atoms with Gasteiger partial charge >= 0.3 is 6.18 Å². The molecule has 20 rings (SSSR count). The van der Waals surface area contributed by atoms with Crippen molar-refractivity contribution in [2.75, 3.05) is 69.5 Å². The van der Waals surface area contributed by atoms with Gasteiger partial charge in [0.05, 0.1) is 63.1 Å². The Kier molecular flexibility index (Phi) is 23.1. The predicted octanol–water partition coefficient (Wildman–Crippen LogP) is 12.0. The second-order valence-electron chi connectivity index (χ2n) is 33.9. The molecular weight excluding hydrogens is 1750 g/mol. The molecule has 4 aliphatic carbocycles. The van der Waals surface area contributed by atoms with E-state index in [0.29, 0.717) is 89.3 Å². The zero-order chi connectivity index (χ0) is 91.3. The van der Waals surface area contributed by atoms with Crippen LogP contribution < -0.4 is 61.9 Å². The van der Waals surface area contributed by atoms with Gasteiger partial charge in [-0.25, -0.2) is 94.1 Å². The molecule has 4 aliphatic heterocycles. The number of halogens is 3. The summed E-state index contributed by atoms with van der Waals surface area (Å²) in [4.78, 5) is 52.5. The van der Waals surface area contributed by atoms with Gasteiger partial charge in [0.25, 0.3) is 20.0 Å². The van der Waals surface area contributed by atoms with Crippen LogP contribution >= 0.6 is 0 Å². The van der Waals surface area contributed by atoms with Crippen molar-refractivity contribution in [2.24, 2.45) is 46.9 Å². The topological polar surface area (TPSA) is 526 Å². The second kappa shape index (κ2) is 33.6. The average molecular weight is 1840 g/mol. The number of rotatable bonds is 13. The Hall–Kier alpha value is -12.4. The third kappa shape index (κ3) is 16.8. The highest BCUT2D eigenvalue weighted by atomic mass is 32.2. The number of hydrogen-bond acceptors (Lipinski definition) is 32. The molecule has 129 heavy (non-hydrogen) atoms. The van der Waals surface area contributed by atoms with E-state index in [2.05, 4.69) is 131 Å². The summed E-state index contributed by atoms with van der Waals surface area (Å²) in [6.45, 7) is 8.63. The summed E-state index contributed by atoms with van der Waals surface area (Å²) in [7, 11) is -8.01. The standard InChI is InChI=1S/C22H28N8O2S.C20H21F3N8O2S.2C20H24N8O2S/c1-14(2)19-22(9-5-4-6-10-22)30-18(29(3)28-19)11-15-12-25-21(27-20(15)30)26-17-8-7-16(13-24-17)33(23,31)32;1-30-15-9-12-10-26-18(27-13-5-6-14(25-11-13)34(24,32)33)28-16(12)31(15)19(7-3-2-4-8-19)17(29-30)20(21,22)23;1-13-20(8-4-3-5-9-20)28-17(27(2)26-13)10-14-11-23-19(25-18(14)28)24-16-7-6-15(12-22-16)31(21,29)30;1-13-20(8-4-3-5-9-20)28-17(27(2)26-13)10-14-11-23-19(25-18(14)28)24-15-6-7-16(22-12-15)31(21,29)30/h7-8,11-14H,4-6,9-10H2,1-3H3,(H2,23,31,32)(H,24,25,26,27);5-6,9-11H,2-4,7-8H2,1H3,(H2,24,32,33)(H,26,27,28);6-7,10-12H,3-5,8-9H2,1-2H3,(H2,21,29,30)(H,22,23,24,25);6-7,10-12H,3-5,8-9H2,1-2H3,(H2,21,29,30)(H,23,24,25). The number of nitrogens with one attached hydrogen (secondary N) is 4. The van der Waals surface area contributed by atoms with Crippen LogP contribution in [0.5, 0.6) is 0 Å². The largest absolute Gasteiger partial charge is 0.433 e. The minimum Gasteiger partial charge on any atom is -0.323 e. The van der Waals surface area contributed by atoms with Gasteiger partial charge in [0, 0.05) is 86.9 Å². The number of sulfonamides is 4. The van der Waals surface area contributed by atoms with Crippen molar-refractivity contribution in [2.45, 2.75) is 204 Å². The maximum absolute atomic E-state index is 14.2. The molecule has 4 fully saturated rings. The smallest absolute Gasteiger partial charge is 0.323 e. The van der Waals surface area contributed by atoms with Crippen molar-refractivity contribution in [3.8, 4) is 0 Å². The third-order valence-electron chi connectivity index (χ3n) is 25.2. The summed E-state index contributed by atoms with van der Waals surface area (Å²) in [5.74, 6) is 6.03. The molecule has 47 heteroatoms. The Morgan fingerprint density at radius 2 is 0.667 bits per heavy atom. The van der Waals surface area contributed by atoms with Crippen molar-refractivity contribution >= 4 is 177 Å². The summed E-state index contributed by atoms with van der Waals surface area (Å²) >= 11 is 0. The Bertz CT molecular complexity index is 6780. The highest BCUT2D eigenvalue weighted by Crippen LogP contribution is 2.52. The lowest BCUT2D eigenvalue weighted by atomic mass is 9.74. The van der Waals surface area contributed by atoms with E-state index in [9.17, 15) is 46.8 Å². The fraction of sp³-hybridized carbons (Fsp3) is 0.415. The van der Waals surface area contributed by atoms with Crippen LogP contribution in [-0.4, -0.2) is 169 Å². The van der Waals surface area contributed by atoms with Crippen molar-refractivity contribution < 1.29 is 46.8 Å². The van der Waals surface area contributed by atoms with Crippen LogP contribution in [0.4, 0.5) is 83.2 Å². The summed E-state index contributed by atoms with van der Waals surface area (Å²) in [6, 6.07) is 19.5. The van der Waals surface area contributed by atoms with E-state index in [4.69, 9.17) is 50.8 Å².